The summed E-state index contributed by atoms with van der Waals surface area (Å²) in [6.45, 7) is 0. The van der Waals surface area contributed by atoms with Crippen molar-refractivity contribution in [3.05, 3.63) is 60.9 Å². The van der Waals surface area contributed by atoms with Crippen molar-refractivity contribution in [1.82, 2.24) is 0 Å². The highest BCUT2D eigenvalue weighted by atomic mass is 16.5. The van der Waals surface area contributed by atoms with Crippen LogP contribution in [0.2, 0.25) is 0 Å². The monoisotopic (exact) mass is 265 g/mol. The van der Waals surface area contributed by atoms with E-state index in [1.807, 2.05) is 54.6 Å². The second-order valence-corrected chi connectivity index (χ2v) is 4.55. The van der Waals surface area contributed by atoms with E-state index in [2.05, 4.69) is 0 Å². The minimum atomic E-state index is 0.746. The molecule has 0 unspecified atom stereocenters. The second kappa shape index (κ2) is 5.13. The topological polar surface area (TPSA) is 48.4 Å². The maximum absolute atomic E-state index is 5.69. The van der Waals surface area contributed by atoms with Crippen LogP contribution < -0.4 is 10.5 Å². The number of hydrogen-bond acceptors (Lipinski definition) is 3. The van der Waals surface area contributed by atoms with E-state index in [-0.39, 0.29) is 0 Å². The molecule has 0 bridgehead atoms. The number of methoxy groups -OCH3 is 1. The molecule has 0 aliphatic heterocycles. The first-order valence-electron chi connectivity index (χ1n) is 6.35. The number of anilines is 1. The molecule has 0 aliphatic carbocycles. The van der Waals surface area contributed by atoms with Crippen LogP contribution in [0.15, 0.2) is 65.3 Å². The lowest BCUT2D eigenvalue weighted by Gasteiger charge is -2.00. The maximum Gasteiger partial charge on any atom is 0.134 e. The first-order chi connectivity index (χ1) is 9.76. The Morgan fingerprint density at radius 1 is 0.850 bits per heavy atom. The van der Waals surface area contributed by atoms with Gasteiger partial charge in [0.25, 0.3) is 0 Å². The van der Waals surface area contributed by atoms with Crippen LogP contribution in [0.3, 0.4) is 0 Å². The first kappa shape index (κ1) is 12.4. The molecule has 0 aliphatic rings. The molecule has 0 fully saturated rings. The Bertz CT molecular complexity index is 697. The molecule has 3 rings (SSSR count). The van der Waals surface area contributed by atoms with Crippen LogP contribution in [0.5, 0.6) is 5.75 Å². The second-order valence-electron chi connectivity index (χ2n) is 4.55. The van der Waals surface area contributed by atoms with Crippen LogP contribution in [-0.2, 0) is 0 Å². The fourth-order valence-corrected chi connectivity index (χ4v) is 2.07. The summed E-state index contributed by atoms with van der Waals surface area (Å²) in [5.41, 5.74) is 9.58. The largest absolute Gasteiger partial charge is 0.497 e. The molecule has 0 radical (unpaired) electrons. The molecule has 0 saturated heterocycles. The third-order valence-corrected chi connectivity index (χ3v) is 3.22. The zero-order valence-corrected chi connectivity index (χ0v) is 11.2. The van der Waals surface area contributed by atoms with E-state index in [0.717, 1.165) is 33.9 Å². The van der Waals surface area contributed by atoms with Crippen molar-refractivity contribution in [2.45, 2.75) is 0 Å². The van der Waals surface area contributed by atoms with E-state index in [4.69, 9.17) is 14.9 Å². The van der Waals surface area contributed by atoms with E-state index < -0.39 is 0 Å². The maximum atomic E-state index is 5.69. The highest BCUT2D eigenvalue weighted by Gasteiger charge is 2.06. The Kier molecular flexibility index (Phi) is 3.17. The summed E-state index contributed by atoms with van der Waals surface area (Å²) < 4.78 is 10.8. The summed E-state index contributed by atoms with van der Waals surface area (Å²) in [5.74, 6) is 1.67. The molecule has 0 amide bonds. The molecule has 1 heterocycles. The smallest absolute Gasteiger partial charge is 0.134 e. The molecule has 0 spiro atoms. The Balaban J connectivity index is 1.91. The molecule has 3 heteroatoms. The van der Waals surface area contributed by atoms with Crippen LogP contribution >= 0.6 is 0 Å². The fraction of sp³-hybridized carbons (Fsp3) is 0.0588. The van der Waals surface area contributed by atoms with Gasteiger partial charge >= 0.3 is 0 Å². The van der Waals surface area contributed by atoms with Gasteiger partial charge in [-0.1, -0.05) is 12.1 Å². The summed E-state index contributed by atoms with van der Waals surface area (Å²) in [6.07, 6.45) is 1.76. The van der Waals surface area contributed by atoms with Crippen LogP contribution in [0.4, 0.5) is 5.69 Å². The van der Waals surface area contributed by atoms with Gasteiger partial charge < -0.3 is 14.9 Å². The summed E-state index contributed by atoms with van der Waals surface area (Å²) in [4.78, 5) is 0. The summed E-state index contributed by atoms with van der Waals surface area (Å²) in [6, 6.07) is 17.5. The Morgan fingerprint density at radius 2 is 1.50 bits per heavy atom. The van der Waals surface area contributed by atoms with Crippen LogP contribution in [0, 0.1) is 0 Å². The predicted molar refractivity (Wildman–Crippen MR) is 80.5 cm³/mol. The molecule has 3 nitrogen and oxygen atoms in total. The van der Waals surface area contributed by atoms with Crippen molar-refractivity contribution in [2.75, 3.05) is 12.8 Å². The van der Waals surface area contributed by atoms with Crippen LogP contribution in [0.25, 0.3) is 22.5 Å². The molecule has 1 aromatic heterocycles. The number of rotatable bonds is 3. The van der Waals surface area contributed by atoms with Gasteiger partial charge in [-0.3, -0.25) is 0 Å². The standard InChI is InChI=1S/C17H15NO2/c1-19-16-8-4-12(5-9-16)14-10-17(20-11-14)13-2-6-15(18)7-3-13/h2-11H,18H2,1H3. The van der Waals surface area contributed by atoms with Crippen LogP contribution in [-0.4, -0.2) is 7.11 Å². The zero-order valence-electron chi connectivity index (χ0n) is 11.2. The van der Waals surface area contributed by atoms with Crippen molar-refractivity contribution < 1.29 is 9.15 Å². The number of nitrogen functional groups attached to an aromatic ring is 1. The molecule has 0 atom stereocenters. The molecule has 2 N–H and O–H groups in total. The van der Waals surface area contributed by atoms with E-state index in [0.29, 0.717) is 0 Å². The molecule has 3 aromatic rings. The van der Waals surface area contributed by atoms with Gasteiger partial charge in [0.15, 0.2) is 0 Å². The minimum absolute atomic E-state index is 0.746. The number of hydrogen-bond donors (Lipinski definition) is 1. The van der Waals surface area contributed by atoms with Crippen LogP contribution in [0.1, 0.15) is 0 Å². The van der Waals surface area contributed by atoms with E-state index in [9.17, 15) is 0 Å². The van der Waals surface area contributed by atoms with Gasteiger partial charge in [-0.15, -0.1) is 0 Å². The van der Waals surface area contributed by atoms with Crippen molar-refractivity contribution in [3.8, 4) is 28.2 Å². The Labute approximate surface area is 117 Å². The van der Waals surface area contributed by atoms with Gasteiger partial charge in [0.2, 0.25) is 0 Å². The molecular formula is C17H15NO2. The van der Waals surface area contributed by atoms with Gasteiger partial charge in [0.1, 0.15) is 11.5 Å². The zero-order chi connectivity index (χ0) is 13.9. The van der Waals surface area contributed by atoms with Gasteiger partial charge in [-0.05, 0) is 48.0 Å². The molecule has 0 saturated carbocycles. The summed E-state index contributed by atoms with van der Waals surface area (Å²) in [5, 5.41) is 0. The summed E-state index contributed by atoms with van der Waals surface area (Å²) >= 11 is 0. The predicted octanol–water partition coefficient (Wildman–Crippen LogP) is 4.20. The van der Waals surface area contributed by atoms with E-state index >= 15 is 0 Å². The normalized spacial score (nSPS) is 10.4. The SMILES string of the molecule is COc1ccc(-c2coc(-c3ccc(N)cc3)c2)cc1. The van der Waals surface area contributed by atoms with E-state index in [1.54, 1.807) is 13.4 Å². The van der Waals surface area contributed by atoms with Crippen molar-refractivity contribution in [2.24, 2.45) is 0 Å². The Hall–Kier alpha value is -2.68. The van der Waals surface area contributed by atoms with Gasteiger partial charge in [0, 0.05) is 16.8 Å². The van der Waals surface area contributed by atoms with Gasteiger partial charge in [-0.2, -0.15) is 0 Å². The number of nitrogens with two attached hydrogens (primary N) is 1. The number of benzene rings is 2. The van der Waals surface area contributed by atoms with Gasteiger partial charge in [0.05, 0.1) is 13.4 Å². The molecular weight excluding hydrogens is 250 g/mol. The van der Waals surface area contributed by atoms with Crippen molar-refractivity contribution in [3.63, 3.8) is 0 Å². The third kappa shape index (κ3) is 2.38. The lowest BCUT2D eigenvalue weighted by Crippen LogP contribution is -1.82. The van der Waals surface area contributed by atoms with Crippen molar-refractivity contribution >= 4 is 5.69 Å². The van der Waals surface area contributed by atoms with Gasteiger partial charge in [-0.25, -0.2) is 0 Å². The van der Waals surface area contributed by atoms with Crippen molar-refractivity contribution in [1.29, 1.82) is 0 Å². The highest BCUT2D eigenvalue weighted by Crippen LogP contribution is 2.29. The minimum Gasteiger partial charge on any atom is -0.497 e. The Morgan fingerprint density at radius 3 is 2.15 bits per heavy atom. The molecule has 100 valence electrons. The lowest BCUT2D eigenvalue weighted by molar-refractivity contribution is 0.415. The van der Waals surface area contributed by atoms with E-state index in [1.165, 1.54) is 0 Å². The molecule has 20 heavy (non-hydrogen) atoms. The average molecular weight is 265 g/mol. The fourth-order valence-electron chi connectivity index (χ4n) is 2.07. The third-order valence-electron chi connectivity index (χ3n) is 3.22. The average Bonchev–Trinajstić information content (AvgIpc) is 2.98. The number of ether oxygens (including phenoxy) is 1. The summed E-state index contributed by atoms with van der Waals surface area (Å²) in [7, 11) is 1.66. The number of furan rings is 1. The lowest BCUT2D eigenvalue weighted by atomic mass is 10.1. The quantitative estimate of drug-likeness (QED) is 0.722. The first-order valence-corrected chi connectivity index (χ1v) is 6.35. The molecule has 2 aromatic carbocycles. The highest BCUT2D eigenvalue weighted by molar-refractivity contribution is 5.70.